The lowest BCUT2D eigenvalue weighted by Gasteiger charge is -2.23. The van der Waals surface area contributed by atoms with Crippen LogP contribution in [0.25, 0.3) is 0 Å². The van der Waals surface area contributed by atoms with Crippen molar-refractivity contribution in [1.29, 1.82) is 0 Å². The maximum Gasteiger partial charge on any atom is 0.261 e. The molecule has 0 radical (unpaired) electrons. The zero-order valence-corrected chi connectivity index (χ0v) is 11.5. The van der Waals surface area contributed by atoms with E-state index in [4.69, 9.17) is 5.73 Å². The monoisotopic (exact) mass is 269 g/mol. The third-order valence-corrected chi connectivity index (χ3v) is 4.45. The maximum absolute atomic E-state index is 12.3. The molecule has 6 heteroatoms. The van der Waals surface area contributed by atoms with E-state index in [1.807, 2.05) is 13.8 Å². The molecule has 1 rings (SSSR count). The predicted octanol–water partition coefficient (Wildman–Crippen LogP) is 1.13. The molecule has 0 amide bonds. The molecule has 2 N–H and O–H groups in total. The Labute approximate surface area is 108 Å². The predicted molar refractivity (Wildman–Crippen MR) is 71.4 cm³/mol. The van der Waals surface area contributed by atoms with Gasteiger partial charge in [0, 0.05) is 25.3 Å². The smallest absolute Gasteiger partial charge is 0.261 e. The van der Waals surface area contributed by atoms with Crippen LogP contribution in [0.15, 0.2) is 36.0 Å². The van der Waals surface area contributed by atoms with Gasteiger partial charge in [0.25, 0.3) is 10.0 Å². The highest BCUT2D eigenvalue weighted by Gasteiger charge is 2.26. The summed E-state index contributed by atoms with van der Waals surface area (Å²) < 4.78 is 26.0. The molecule has 0 aromatic carbocycles. The first-order valence-corrected chi connectivity index (χ1v) is 7.15. The molecule has 18 heavy (non-hydrogen) atoms. The molecule has 0 aliphatic heterocycles. The summed E-state index contributed by atoms with van der Waals surface area (Å²) in [5, 5.41) is 0.0373. The zero-order valence-electron chi connectivity index (χ0n) is 10.7. The van der Waals surface area contributed by atoms with Crippen molar-refractivity contribution in [3.05, 3.63) is 36.5 Å². The third-order valence-electron chi connectivity index (χ3n) is 2.49. The zero-order chi connectivity index (χ0) is 13.8. The summed E-state index contributed by atoms with van der Waals surface area (Å²) in [5.74, 6) is 0. The first kappa shape index (κ1) is 14.8. The van der Waals surface area contributed by atoms with Crippen LogP contribution in [-0.2, 0) is 16.6 Å². The van der Waals surface area contributed by atoms with E-state index in [0.29, 0.717) is 6.54 Å². The molecule has 0 spiro atoms. The molecule has 1 aromatic heterocycles. The first-order valence-electron chi connectivity index (χ1n) is 5.71. The number of sulfonamides is 1. The number of nitrogens with two attached hydrogens (primary N) is 1. The summed E-state index contributed by atoms with van der Waals surface area (Å²) >= 11 is 0. The molecule has 0 saturated carbocycles. The highest BCUT2D eigenvalue weighted by Crippen LogP contribution is 2.16. The topological polar surface area (TPSA) is 76.3 Å². The average molecular weight is 269 g/mol. The van der Waals surface area contributed by atoms with E-state index < -0.39 is 10.0 Å². The van der Waals surface area contributed by atoms with E-state index in [9.17, 15) is 8.42 Å². The summed E-state index contributed by atoms with van der Waals surface area (Å²) in [5.41, 5.74) is 6.25. The minimum atomic E-state index is -3.58. The molecule has 0 unspecified atom stereocenters. The number of hydrogen-bond donors (Lipinski definition) is 1. The number of rotatable bonds is 6. The maximum atomic E-state index is 12.3. The van der Waals surface area contributed by atoms with E-state index >= 15 is 0 Å². The fourth-order valence-electron chi connectivity index (χ4n) is 1.52. The van der Waals surface area contributed by atoms with Crippen LogP contribution < -0.4 is 5.73 Å². The largest absolute Gasteiger partial charge is 0.326 e. The van der Waals surface area contributed by atoms with Gasteiger partial charge in [-0.15, -0.1) is 6.58 Å². The van der Waals surface area contributed by atoms with Gasteiger partial charge in [0.1, 0.15) is 0 Å². The Morgan fingerprint density at radius 2 is 2.17 bits per heavy atom. The molecule has 1 aromatic rings. The standard InChI is InChI=1S/C12H19N3O2S/c1-4-7-15(10(2)3)18(16,17)12-6-5-11(8-13)9-14-12/h4-6,9-10H,1,7-8,13H2,2-3H3. The highest BCUT2D eigenvalue weighted by molar-refractivity contribution is 7.89. The average Bonchev–Trinajstić information content (AvgIpc) is 2.35. The lowest BCUT2D eigenvalue weighted by atomic mass is 10.3. The van der Waals surface area contributed by atoms with Crippen molar-refractivity contribution >= 4 is 10.0 Å². The summed E-state index contributed by atoms with van der Waals surface area (Å²) in [4.78, 5) is 3.96. The fraction of sp³-hybridized carbons (Fsp3) is 0.417. The van der Waals surface area contributed by atoms with Crippen molar-refractivity contribution in [3.63, 3.8) is 0 Å². The van der Waals surface area contributed by atoms with Crippen molar-refractivity contribution in [2.75, 3.05) is 6.54 Å². The van der Waals surface area contributed by atoms with Crippen LogP contribution in [0.1, 0.15) is 19.4 Å². The van der Waals surface area contributed by atoms with E-state index in [2.05, 4.69) is 11.6 Å². The van der Waals surface area contributed by atoms with Gasteiger partial charge in [-0.2, -0.15) is 4.31 Å². The quantitative estimate of drug-likeness (QED) is 0.785. The van der Waals surface area contributed by atoms with Crippen molar-refractivity contribution in [2.24, 2.45) is 5.73 Å². The second kappa shape index (κ2) is 6.08. The minimum Gasteiger partial charge on any atom is -0.326 e. The van der Waals surface area contributed by atoms with Crippen LogP contribution in [0, 0.1) is 0 Å². The lowest BCUT2D eigenvalue weighted by molar-refractivity contribution is 0.381. The number of nitrogens with zero attached hydrogens (tertiary/aromatic N) is 2. The molecule has 5 nitrogen and oxygen atoms in total. The van der Waals surface area contributed by atoms with Gasteiger partial charge >= 0.3 is 0 Å². The van der Waals surface area contributed by atoms with E-state index in [-0.39, 0.29) is 17.6 Å². The molecule has 0 bridgehead atoms. The molecule has 0 atom stereocenters. The normalized spacial score (nSPS) is 12.1. The van der Waals surface area contributed by atoms with Gasteiger partial charge in [0.15, 0.2) is 5.03 Å². The van der Waals surface area contributed by atoms with E-state index in [1.54, 1.807) is 12.1 Å². The molecule has 0 aliphatic rings. The fourth-order valence-corrected chi connectivity index (χ4v) is 3.04. The first-order chi connectivity index (χ1) is 8.43. The van der Waals surface area contributed by atoms with Crippen molar-refractivity contribution in [2.45, 2.75) is 31.5 Å². The summed E-state index contributed by atoms with van der Waals surface area (Å²) in [6.07, 6.45) is 3.05. The lowest BCUT2D eigenvalue weighted by Crippen LogP contribution is -2.37. The van der Waals surface area contributed by atoms with E-state index in [0.717, 1.165) is 5.56 Å². The Bertz CT molecular complexity index is 495. The summed E-state index contributed by atoms with van der Waals surface area (Å²) in [6, 6.07) is 3.01. The van der Waals surface area contributed by atoms with Crippen molar-refractivity contribution in [1.82, 2.24) is 9.29 Å². The van der Waals surface area contributed by atoms with Gasteiger partial charge in [0.2, 0.25) is 0 Å². The Kier molecular flexibility index (Phi) is 5.01. The minimum absolute atomic E-state index is 0.0373. The molecule has 1 heterocycles. The SMILES string of the molecule is C=CCN(C(C)C)S(=O)(=O)c1ccc(CN)cn1. The highest BCUT2D eigenvalue weighted by atomic mass is 32.2. The molecule has 0 saturated heterocycles. The third kappa shape index (κ3) is 3.16. The Morgan fingerprint density at radius 3 is 2.56 bits per heavy atom. The Morgan fingerprint density at radius 1 is 1.50 bits per heavy atom. The molecule has 0 fully saturated rings. The second-order valence-corrected chi connectivity index (χ2v) is 6.00. The molecule has 100 valence electrons. The molecular weight excluding hydrogens is 250 g/mol. The van der Waals surface area contributed by atoms with Gasteiger partial charge in [0.05, 0.1) is 0 Å². The molecular formula is C12H19N3O2S. The Hall–Kier alpha value is -1.24. The van der Waals surface area contributed by atoms with E-state index in [1.165, 1.54) is 16.6 Å². The van der Waals surface area contributed by atoms with Crippen LogP contribution in [0.3, 0.4) is 0 Å². The van der Waals surface area contributed by atoms with Gasteiger partial charge < -0.3 is 5.73 Å². The summed E-state index contributed by atoms with van der Waals surface area (Å²) in [7, 11) is -3.58. The van der Waals surface area contributed by atoms with Crippen molar-refractivity contribution in [3.8, 4) is 0 Å². The molecule has 0 aliphatic carbocycles. The van der Waals surface area contributed by atoms with Gasteiger partial charge in [-0.1, -0.05) is 12.1 Å². The summed E-state index contributed by atoms with van der Waals surface area (Å²) in [6.45, 7) is 7.81. The number of hydrogen-bond acceptors (Lipinski definition) is 4. The van der Waals surface area contributed by atoms with Crippen LogP contribution >= 0.6 is 0 Å². The van der Waals surface area contributed by atoms with Gasteiger partial charge in [-0.3, -0.25) is 0 Å². The van der Waals surface area contributed by atoms with Crippen LogP contribution in [-0.4, -0.2) is 30.3 Å². The Balaban J connectivity index is 3.13. The van der Waals surface area contributed by atoms with Gasteiger partial charge in [-0.25, -0.2) is 13.4 Å². The van der Waals surface area contributed by atoms with Crippen LogP contribution in [0.4, 0.5) is 0 Å². The van der Waals surface area contributed by atoms with Gasteiger partial charge in [-0.05, 0) is 25.5 Å². The van der Waals surface area contributed by atoms with Crippen molar-refractivity contribution < 1.29 is 8.42 Å². The van der Waals surface area contributed by atoms with Crippen LogP contribution in [0.2, 0.25) is 0 Å². The second-order valence-electron chi connectivity index (χ2n) is 4.17. The number of aromatic nitrogens is 1. The number of pyridine rings is 1. The van der Waals surface area contributed by atoms with Crippen LogP contribution in [0.5, 0.6) is 0 Å².